The highest BCUT2D eigenvalue weighted by atomic mass is 16.2. The number of amides is 1. The molecule has 126 valence electrons. The lowest BCUT2D eigenvalue weighted by molar-refractivity contribution is -0.135. The van der Waals surface area contributed by atoms with Crippen molar-refractivity contribution in [3.05, 3.63) is 53.3 Å². The van der Waals surface area contributed by atoms with Gasteiger partial charge in [-0.05, 0) is 44.2 Å². The second-order valence-corrected chi connectivity index (χ2v) is 7.65. The van der Waals surface area contributed by atoms with Gasteiger partial charge >= 0.3 is 0 Å². The van der Waals surface area contributed by atoms with E-state index in [0.29, 0.717) is 12.5 Å². The number of benzene rings is 1. The van der Waals surface area contributed by atoms with Gasteiger partial charge in [-0.25, -0.2) is 0 Å². The Hall–Kier alpha value is -2.10. The number of hydrogen-bond donors (Lipinski definition) is 0. The van der Waals surface area contributed by atoms with Gasteiger partial charge in [-0.2, -0.15) is 5.10 Å². The summed E-state index contributed by atoms with van der Waals surface area (Å²) in [7, 11) is 1.91. The number of aryl methyl sites for hydroxylation is 2. The van der Waals surface area contributed by atoms with E-state index in [1.807, 2.05) is 24.3 Å². The third-order valence-corrected chi connectivity index (χ3v) is 5.79. The molecule has 1 aromatic carbocycles. The molecule has 4 heteroatoms. The maximum Gasteiger partial charge on any atom is 0.227 e. The molecule has 1 amide bonds. The molecule has 2 aliphatic carbocycles. The van der Waals surface area contributed by atoms with Crippen LogP contribution in [0.4, 0.5) is 0 Å². The third-order valence-electron chi connectivity index (χ3n) is 5.79. The molecule has 0 N–H and O–H groups in total. The van der Waals surface area contributed by atoms with Crippen LogP contribution < -0.4 is 0 Å². The van der Waals surface area contributed by atoms with Gasteiger partial charge in [-0.1, -0.05) is 24.3 Å². The summed E-state index contributed by atoms with van der Waals surface area (Å²) in [5.74, 6) is 0.464. The van der Waals surface area contributed by atoms with E-state index in [1.165, 1.54) is 11.1 Å². The Morgan fingerprint density at radius 1 is 1.42 bits per heavy atom. The number of rotatable bonds is 4. The van der Waals surface area contributed by atoms with Crippen LogP contribution in [0.1, 0.15) is 43.4 Å². The van der Waals surface area contributed by atoms with Crippen molar-refractivity contribution in [3.63, 3.8) is 0 Å². The van der Waals surface area contributed by atoms with Gasteiger partial charge in [0.2, 0.25) is 5.91 Å². The lowest BCUT2D eigenvalue weighted by Gasteiger charge is -2.27. The average Bonchev–Trinajstić information content (AvgIpc) is 2.97. The number of carbonyl (C=O) groups is 1. The predicted octanol–water partition coefficient (Wildman–Crippen LogP) is 3.06. The lowest BCUT2D eigenvalue weighted by Crippen LogP contribution is -2.38. The van der Waals surface area contributed by atoms with E-state index in [1.54, 1.807) is 4.68 Å². The second-order valence-electron chi connectivity index (χ2n) is 7.65. The Labute approximate surface area is 143 Å². The van der Waals surface area contributed by atoms with E-state index >= 15 is 0 Å². The molecule has 0 aliphatic heterocycles. The minimum atomic E-state index is 0.121. The van der Waals surface area contributed by atoms with Crippen LogP contribution in [0, 0.1) is 5.92 Å². The zero-order chi connectivity index (χ0) is 16.9. The monoisotopic (exact) mass is 323 g/mol. The summed E-state index contributed by atoms with van der Waals surface area (Å²) in [5, 5.41) is 4.23. The van der Waals surface area contributed by atoms with Gasteiger partial charge in [0.15, 0.2) is 0 Å². The Bertz CT molecular complexity index is 779. The predicted molar refractivity (Wildman–Crippen MR) is 93.4 cm³/mol. The van der Waals surface area contributed by atoms with Crippen molar-refractivity contribution >= 4 is 5.91 Å². The molecule has 1 saturated carbocycles. The highest BCUT2D eigenvalue weighted by Gasteiger charge is 2.62. The van der Waals surface area contributed by atoms with Crippen molar-refractivity contribution in [3.8, 4) is 0 Å². The van der Waals surface area contributed by atoms with Gasteiger partial charge in [-0.15, -0.1) is 0 Å². The van der Waals surface area contributed by atoms with Crippen LogP contribution >= 0.6 is 0 Å². The molecule has 2 aromatic rings. The highest BCUT2D eigenvalue weighted by Crippen LogP contribution is 2.62. The summed E-state index contributed by atoms with van der Waals surface area (Å²) in [5.41, 5.74) is 4.08. The fraction of sp³-hybridized carbons (Fsp3) is 0.500. The molecule has 0 saturated heterocycles. The van der Waals surface area contributed by atoms with Crippen LogP contribution in [0.3, 0.4) is 0 Å². The highest BCUT2D eigenvalue weighted by molar-refractivity contribution is 5.85. The molecule has 4 rings (SSSR count). The first-order valence-electron chi connectivity index (χ1n) is 8.87. The fourth-order valence-corrected chi connectivity index (χ4v) is 4.38. The third kappa shape index (κ3) is 2.36. The quantitative estimate of drug-likeness (QED) is 0.867. The summed E-state index contributed by atoms with van der Waals surface area (Å²) in [6.07, 6.45) is 7.11. The lowest BCUT2D eigenvalue weighted by atomic mass is 9.95. The largest absolute Gasteiger partial charge is 0.336 e. The van der Waals surface area contributed by atoms with Crippen LogP contribution in [0.2, 0.25) is 0 Å². The zero-order valence-electron chi connectivity index (χ0n) is 14.7. The van der Waals surface area contributed by atoms with Crippen molar-refractivity contribution in [2.24, 2.45) is 13.0 Å². The van der Waals surface area contributed by atoms with E-state index in [4.69, 9.17) is 0 Å². The van der Waals surface area contributed by atoms with Crippen molar-refractivity contribution < 1.29 is 4.79 Å². The van der Waals surface area contributed by atoms with Gasteiger partial charge < -0.3 is 4.90 Å². The fourth-order valence-electron chi connectivity index (χ4n) is 4.38. The molecule has 0 bridgehead atoms. The first-order valence-corrected chi connectivity index (χ1v) is 8.87. The summed E-state index contributed by atoms with van der Waals surface area (Å²) in [6.45, 7) is 4.86. The smallest absolute Gasteiger partial charge is 0.227 e. The van der Waals surface area contributed by atoms with E-state index in [9.17, 15) is 4.79 Å². The Kier molecular flexibility index (Phi) is 3.52. The number of nitrogens with zero attached hydrogens (tertiary/aromatic N) is 3. The molecular weight excluding hydrogens is 298 g/mol. The SMILES string of the molecule is CC(C)N(Cc1cnn(C)c1)C(=O)[C@H]1C[C@]12CCc1ccccc12. The van der Waals surface area contributed by atoms with Gasteiger partial charge in [0.05, 0.1) is 6.20 Å². The molecule has 2 atom stereocenters. The van der Waals surface area contributed by atoms with Crippen LogP contribution in [-0.4, -0.2) is 26.6 Å². The van der Waals surface area contributed by atoms with Gasteiger partial charge in [0.25, 0.3) is 0 Å². The van der Waals surface area contributed by atoms with Gasteiger partial charge in [0.1, 0.15) is 0 Å². The van der Waals surface area contributed by atoms with Crippen molar-refractivity contribution in [2.75, 3.05) is 0 Å². The maximum atomic E-state index is 13.2. The normalized spacial score (nSPS) is 24.4. The summed E-state index contributed by atoms with van der Waals surface area (Å²) in [4.78, 5) is 15.3. The average molecular weight is 323 g/mol. The molecule has 1 fully saturated rings. The molecule has 1 heterocycles. The van der Waals surface area contributed by atoms with Gasteiger partial charge in [0, 0.05) is 42.7 Å². The van der Waals surface area contributed by atoms with Crippen LogP contribution in [-0.2, 0) is 30.2 Å². The van der Waals surface area contributed by atoms with Gasteiger partial charge in [-0.3, -0.25) is 9.48 Å². The second kappa shape index (κ2) is 5.47. The minimum Gasteiger partial charge on any atom is -0.336 e. The number of aromatic nitrogens is 2. The van der Waals surface area contributed by atoms with Crippen LogP contribution in [0.15, 0.2) is 36.7 Å². The Morgan fingerprint density at radius 3 is 2.92 bits per heavy atom. The number of carbonyl (C=O) groups excluding carboxylic acids is 1. The van der Waals surface area contributed by atoms with E-state index in [2.05, 4.69) is 43.2 Å². The number of fused-ring (bicyclic) bond motifs is 2. The first-order chi connectivity index (χ1) is 11.5. The standard InChI is InChI=1S/C20H25N3O/c1-14(2)23(13-15-11-21-22(3)12-15)19(24)18-10-20(18)9-8-16-6-4-5-7-17(16)20/h4-7,11-12,14,18H,8-10,13H2,1-3H3/t18-,20+/m1/s1. The van der Waals surface area contributed by atoms with Crippen molar-refractivity contribution in [2.45, 2.75) is 51.1 Å². The van der Waals surface area contributed by atoms with E-state index in [0.717, 1.165) is 24.8 Å². The number of hydrogen-bond acceptors (Lipinski definition) is 2. The molecule has 24 heavy (non-hydrogen) atoms. The summed E-state index contributed by atoms with van der Waals surface area (Å²) >= 11 is 0. The summed E-state index contributed by atoms with van der Waals surface area (Å²) in [6, 6.07) is 8.88. The Balaban J connectivity index is 1.55. The van der Waals surface area contributed by atoms with Crippen LogP contribution in [0.5, 0.6) is 0 Å². The molecule has 0 radical (unpaired) electrons. The topological polar surface area (TPSA) is 38.1 Å². The minimum absolute atomic E-state index is 0.121. The van der Waals surface area contributed by atoms with E-state index in [-0.39, 0.29) is 17.4 Å². The van der Waals surface area contributed by atoms with E-state index < -0.39 is 0 Å². The molecule has 2 aliphatic rings. The molecule has 1 aromatic heterocycles. The maximum absolute atomic E-state index is 13.2. The molecule has 1 spiro atoms. The van der Waals surface area contributed by atoms with Crippen molar-refractivity contribution in [1.29, 1.82) is 0 Å². The first kappa shape index (κ1) is 15.4. The van der Waals surface area contributed by atoms with Crippen LogP contribution in [0.25, 0.3) is 0 Å². The van der Waals surface area contributed by atoms with Crippen molar-refractivity contribution in [1.82, 2.24) is 14.7 Å². The molecule has 4 nitrogen and oxygen atoms in total. The molecule has 0 unspecified atom stereocenters. The molecular formula is C20H25N3O. The summed E-state index contributed by atoms with van der Waals surface area (Å²) < 4.78 is 1.80. The zero-order valence-corrected chi connectivity index (χ0v) is 14.7. The Morgan fingerprint density at radius 2 is 2.21 bits per heavy atom.